The highest BCUT2D eigenvalue weighted by Gasteiger charge is 2.23. The standard InChI is InChI=1S/C20H23ClN2O7S/c1-13(23-31(26,27)16-7-5-15(21)6-8-16)20(25)30-12-19(24)22-11-14-4-9-17(28-2)18(10-14)29-3/h4-10,13,23H,11-12H2,1-3H3,(H,22,24)/t13-/m0/s1. The summed E-state index contributed by atoms with van der Waals surface area (Å²) in [6.45, 7) is 0.936. The van der Waals surface area contributed by atoms with Gasteiger partial charge in [0, 0.05) is 11.6 Å². The van der Waals surface area contributed by atoms with Gasteiger partial charge in [-0.3, -0.25) is 9.59 Å². The fraction of sp³-hybridized carbons (Fsp3) is 0.300. The van der Waals surface area contributed by atoms with Crippen LogP contribution in [0, 0.1) is 0 Å². The van der Waals surface area contributed by atoms with Crippen LogP contribution in [0.25, 0.3) is 0 Å². The highest BCUT2D eigenvalue weighted by molar-refractivity contribution is 7.89. The number of ether oxygens (including phenoxy) is 3. The van der Waals surface area contributed by atoms with Gasteiger partial charge < -0.3 is 19.5 Å². The van der Waals surface area contributed by atoms with Crippen molar-refractivity contribution in [3.05, 3.63) is 53.1 Å². The zero-order valence-electron chi connectivity index (χ0n) is 17.2. The van der Waals surface area contributed by atoms with Gasteiger partial charge in [-0.1, -0.05) is 17.7 Å². The molecule has 0 aromatic heterocycles. The van der Waals surface area contributed by atoms with Crippen LogP contribution in [0.2, 0.25) is 5.02 Å². The summed E-state index contributed by atoms with van der Waals surface area (Å²) >= 11 is 5.74. The lowest BCUT2D eigenvalue weighted by Gasteiger charge is -2.14. The SMILES string of the molecule is COc1ccc(CNC(=O)COC(=O)[C@H](C)NS(=O)(=O)c2ccc(Cl)cc2)cc1OC. The molecule has 9 nitrogen and oxygen atoms in total. The molecule has 0 fully saturated rings. The Bertz CT molecular complexity index is 1030. The number of rotatable bonds is 10. The van der Waals surface area contributed by atoms with Crippen molar-refractivity contribution in [1.29, 1.82) is 0 Å². The first kappa shape index (κ1) is 24.4. The van der Waals surface area contributed by atoms with Crippen molar-refractivity contribution >= 4 is 33.5 Å². The molecular weight excluding hydrogens is 448 g/mol. The number of esters is 1. The molecule has 31 heavy (non-hydrogen) atoms. The maximum Gasteiger partial charge on any atom is 0.324 e. The second-order valence-corrected chi connectivity index (χ2v) is 8.52. The van der Waals surface area contributed by atoms with Gasteiger partial charge >= 0.3 is 5.97 Å². The zero-order valence-corrected chi connectivity index (χ0v) is 18.7. The predicted octanol–water partition coefficient (Wildman–Crippen LogP) is 1.88. The van der Waals surface area contributed by atoms with Gasteiger partial charge in [0.05, 0.1) is 19.1 Å². The van der Waals surface area contributed by atoms with E-state index in [1.165, 1.54) is 45.4 Å². The van der Waals surface area contributed by atoms with Crippen LogP contribution in [-0.2, 0) is 30.9 Å². The van der Waals surface area contributed by atoms with Crippen molar-refractivity contribution in [2.75, 3.05) is 20.8 Å². The molecule has 0 aliphatic rings. The van der Waals surface area contributed by atoms with Crippen molar-refractivity contribution in [1.82, 2.24) is 10.0 Å². The summed E-state index contributed by atoms with van der Waals surface area (Å²) in [5.41, 5.74) is 0.751. The van der Waals surface area contributed by atoms with E-state index in [0.717, 1.165) is 5.56 Å². The van der Waals surface area contributed by atoms with Crippen LogP contribution in [0.1, 0.15) is 12.5 Å². The average Bonchev–Trinajstić information content (AvgIpc) is 2.75. The van der Waals surface area contributed by atoms with Gasteiger partial charge in [0.2, 0.25) is 10.0 Å². The molecule has 2 aromatic carbocycles. The van der Waals surface area contributed by atoms with Gasteiger partial charge in [0.25, 0.3) is 5.91 Å². The van der Waals surface area contributed by atoms with E-state index in [-0.39, 0.29) is 11.4 Å². The van der Waals surface area contributed by atoms with Gasteiger partial charge in [0.15, 0.2) is 18.1 Å². The molecule has 168 valence electrons. The van der Waals surface area contributed by atoms with Gasteiger partial charge in [-0.2, -0.15) is 4.72 Å². The summed E-state index contributed by atoms with van der Waals surface area (Å²) in [6, 6.07) is 9.42. The second kappa shape index (κ2) is 11.0. The van der Waals surface area contributed by atoms with Crippen LogP contribution in [0.15, 0.2) is 47.4 Å². The van der Waals surface area contributed by atoms with E-state index >= 15 is 0 Å². The fourth-order valence-electron chi connectivity index (χ4n) is 2.47. The minimum absolute atomic E-state index is 0.0517. The summed E-state index contributed by atoms with van der Waals surface area (Å²) in [5.74, 6) is -0.362. The molecule has 0 saturated carbocycles. The van der Waals surface area contributed by atoms with Crippen LogP contribution in [0.4, 0.5) is 0 Å². The van der Waals surface area contributed by atoms with E-state index in [0.29, 0.717) is 16.5 Å². The van der Waals surface area contributed by atoms with E-state index in [4.69, 9.17) is 25.8 Å². The number of methoxy groups -OCH3 is 2. The van der Waals surface area contributed by atoms with Crippen molar-refractivity contribution in [3.63, 3.8) is 0 Å². The minimum Gasteiger partial charge on any atom is -0.493 e. The van der Waals surface area contributed by atoms with Crippen molar-refractivity contribution < 1.29 is 32.2 Å². The first-order valence-electron chi connectivity index (χ1n) is 9.08. The summed E-state index contributed by atoms with van der Waals surface area (Å²) < 4.78 is 42.0. The maximum atomic E-state index is 12.3. The van der Waals surface area contributed by atoms with Crippen LogP contribution < -0.4 is 19.5 Å². The topological polar surface area (TPSA) is 120 Å². The molecule has 0 aliphatic carbocycles. The minimum atomic E-state index is -3.95. The summed E-state index contributed by atoms with van der Waals surface area (Å²) in [6.07, 6.45) is 0. The number of carbonyl (C=O) groups excluding carboxylic acids is 2. The molecule has 2 rings (SSSR count). The Balaban J connectivity index is 1.83. The number of amides is 1. The van der Waals surface area contributed by atoms with Crippen LogP contribution in [0.5, 0.6) is 11.5 Å². The van der Waals surface area contributed by atoms with Crippen molar-refractivity contribution in [2.45, 2.75) is 24.4 Å². The van der Waals surface area contributed by atoms with Gasteiger partial charge in [-0.15, -0.1) is 0 Å². The molecule has 0 bridgehead atoms. The molecule has 0 saturated heterocycles. The van der Waals surface area contributed by atoms with Gasteiger partial charge in [0.1, 0.15) is 6.04 Å². The van der Waals surface area contributed by atoms with Crippen LogP contribution >= 0.6 is 11.6 Å². The fourth-order valence-corrected chi connectivity index (χ4v) is 3.78. The van der Waals surface area contributed by atoms with Crippen molar-refractivity contribution in [3.8, 4) is 11.5 Å². The normalized spacial score (nSPS) is 12.0. The number of hydrogen-bond donors (Lipinski definition) is 2. The quantitative estimate of drug-likeness (QED) is 0.508. The molecule has 1 amide bonds. The summed E-state index contributed by atoms with van der Waals surface area (Å²) in [7, 11) is -0.931. The summed E-state index contributed by atoms with van der Waals surface area (Å²) in [4.78, 5) is 24.0. The molecule has 0 aliphatic heterocycles. The van der Waals surface area contributed by atoms with Gasteiger partial charge in [-0.25, -0.2) is 8.42 Å². The third-order valence-corrected chi connectivity index (χ3v) is 5.90. The molecule has 0 unspecified atom stereocenters. The summed E-state index contributed by atoms with van der Waals surface area (Å²) in [5, 5.41) is 2.98. The lowest BCUT2D eigenvalue weighted by Crippen LogP contribution is -2.40. The van der Waals surface area contributed by atoms with E-state index in [1.54, 1.807) is 18.2 Å². The molecule has 1 atom stereocenters. The zero-order chi connectivity index (χ0) is 23.0. The Hall–Kier alpha value is -2.82. The number of carbonyl (C=O) groups is 2. The first-order valence-corrected chi connectivity index (χ1v) is 10.9. The van der Waals surface area contributed by atoms with Gasteiger partial charge in [-0.05, 0) is 48.9 Å². The van der Waals surface area contributed by atoms with E-state index in [2.05, 4.69) is 10.0 Å². The lowest BCUT2D eigenvalue weighted by atomic mass is 10.2. The third kappa shape index (κ3) is 7.12. The number of nitrogens with one attached hydrogen (secondary N) is 2. The molecule has 0 radical (unpaired) electrons. The Morgan fingerprint density at radius 1 is 1.03 bits per heavy atom. The smallest absolute Gasteiger partial charge is 0.324 e. The Morgan fingerprint density at radius 3 is 2.29 bits per heavy atom. The van der Waals surface area contributed by atoms with Crippen LogP contribution in [-0.4, -0.2) is 47.2 Å². The Kier molecular flexibility index (Phi) is 8.66. The monoisotopic (exact) mass is 470 g/mol. The number of benzene rings is 2. The second-order valence-electron chi connectivity index (χ2n) is 6.37. The van der Waals surface area contributed by atoms with E-state index in [9.17, 15) is 18.0 Å². The largest absolute Gasteiger partial charge is 0.493 e. The molecule has 2 N–H and O–H groups in total. The Labute approximate surface area is 185 Å². The number of hydrogen-bond acceptors (Lipinski definition) is 7. The molecule has 11 heteroatoms. The molecule has 0 heterocycles. The third-order valence-electron chi connectivity index (χ3n) is 4.09. The molecular formula is C20H23ClN2O7S. The van der Waals surface area contributed by atoms with E-state index in [1.807, 2.05) is 0 Å². The van der Waals surface area contributed by atoms with Crippen LogP contribution in [0.3, 0.4) is 0 Å². The highest BCUT2D eigenvalue weighted by atomic mass is 35.5. The highest BCUT2D eigenvalue weighted by Crippen LogP contribution is 2.27. The molecule has 0 spiro atoms. The maximum absolute atomic E-state index is 12.3. The average molecular weight is 471 g/mol. The number of halogens is 1. The van der Waals surface area contributed by atoms with E-state index < -0.39 is 34.5 Å². The Morgan fingerprint density at radius 2 is 1.68 bits per heavy atom. The first-order chi connectivity index (χ1) is 14.7. The molecule has 2 aromatic rings. The predicted molar refractivity (Wildman–Crippen MR) is 114 cm³/mol. The lowest BCUT2D eigenvalue weighted by molar-refractivity contribution is -0.149. The number of sulfonamides is 1. The van der Waals surface area contributed by atoms with Crippen molar-refractivity contribution in [2.24, 2.45) is 0 Å².